The minimum Gasteiger partial charge on any atom is -0.389 e. The monoisotopic (exact) mass is 571 g/mol. The van der Waals surface area contributed by atoms with Crippen LogP contribution in [0.25, 0.3) is 10.4 Å². The molecule has 2 aliphatic rings. The highest BCUT2D eigenvalue weighted by atomic mass is 32.1. The zero-order chi connectivity index (χ0) is 28.4. The first-order valence-electron chi connectivity index (χ1n) is 13.1. The van der Waals surface area contributed by atoms with Gasteiger partial charge in [-0.25, -0.2) is 14.4 Å². The van der Waals surface area contributed by atoms with Crippen LogP contribution in [0.15, 0.2) is 12.3 Å². The minimum absolute atomic E-state index is 0.0308. The molecule has 2 aromatic heterocycles. The lowest BCUT2D eigenvalue weighted by Gasteiger charge is -2.28. The average Bonchev–Trinajstić information content (AvgIpc) is 3.32. The van der Waals surface area contributed by atoms with Crippen LogP contribution in [0.4, 0.5) is 23.4 Å². The van der Waals surface area contributed by atoms with E-state index in [1.165, 1.54) is 18.7 Å². The van der Waals surface area contributed by atoms with Crippen LogP contribution in [0, 0.1) is 0 Å². The Morgan fingerprint density at radius 2 is 1.79 bits per heavy atom. The van der Waals surface area contributed by atoms with Crippen LogP contribution in [0.3, 0.4) is 0 Å². The molecule has 0 spiro atoms. The van der Waals surface area contributed by atoms with Gasteiger partial charge in [-0.2, -0.15) is 13.2 Å². The normalized spacial score (nSPS) is 17.8. The molecule has 1 aliphatic carbocycles. The highest BCUT2D eigenvalue weighted by Crippen LogP contribution is 2.42. The van der Waals surface area contributed by atoms with E-state index in [2.05, 4.69) is 20.6 Å². The van der Waals surface area contributed by atoms with E-state index in [-0.39, 0.29) is 65.5 Å². The zero-order valence-corrected chi connectivity index (χ0v) is 22.7. The summed E-state index contributed by atoms with van der Waals surface area (Å²) in [6.07, 6.45) is 0.215. The Morgan fingerprint density at radius 1 is 1.13 bits per heavy atom. The third-order valence-electron chi connectivity index (χ3n) is 6.83. The summed E-state index contributed by atoms with van der Waals surface area (Å²) in [6.45, 7) is 3.00. The molecule has 0 bridgehead atoms. The molecular weight excluding hydrogens is 538 g/mol. The first kappa shape index (κ1) is 29.2. The summed E-state index contributed by atoms with van der Waals surface area (Å²) in [5, 5.41) is 15.3. The molecule has 8 nitrogen and oxygen atoms in total. The van der Waals surface area contributed by atoms with Crippen LogP contribution in [0.2, 0.25) is 0 Å². The fraction of sp³-hybridized carbons (Fsp3) is 0.615. The second-order valence-electron chi connectivity index (χ2n) is 10.8. The molecule has 3 N–H and O–H groups in total. The van der Waals surface area contributed by atoms with Crippen LogP contribution in [-0.4, -0.2) is 69.2 Å². The van der Waals surface area contributed by atoms with Crippen molar-refractivity contribution in [1.82, 2.24) is 20.2 Å². The summed E-state index contributed by atoms with van der Waals surface area (Å²) in [5.74, 6) is -1.32. The Balaban J connectivity index is 1.73. The lowest BCUT2D eigenvalue weighted by molar-refractivity contribution is -0.137. The molecule has 1 saturated carbocycles. The second kappa shape index (κ2) is 11.7. The van der Waals surface area contributed by atoms with Crippen LogP contribution in [0.5, 0.6) is 0 Å². The number of alkyl halides is 4. The van der Waals surface area contributed by atoms with Crippen molar-refractivity contribution in [2.75, 3.05) is 25.0 Å². The first-order valence-corrected chi connectivity index (χ1v) is 13.9. The Labute approximate surface area is 228 Å². The number of carbonyl (C=O) groups excluding carboxylic acids is 2. The highest BCUT2D eigenvalue weighted by Gasteiger charge is 2.38. The van der Waals surface area contributed by atoms with Gasteiger partial charge >= 0.3 is 6.18 Å². The summed E-state index contributed by atoms with van der Waals surface area (Å²) in [5.41, 5.74) is -2.91. The fourth-order valence-corrected chi connectivity index (χ4v) is 5.72. The van der Waals surface area contributed by atoms with Crippen molar-refractivity contribution in [2.24, 2.45) is 0 Å². The van der Waals surface area contributed by atoms with E-state index < -0.39 is 35.3 Å². The molecule has 3 heterocycles. The van der Waals surface area contributed by atoms with E-state index >= 15 is 0 Å². The number of pyridine rings is 1. The summed E-state index contributed by atoms with van der Waals surface area (Å²) in [6, 6.07) is 0.962. The fourth-order valence-electron chi connectivity index (χ4n) is 4.72. The van der Waals surface area contributed by atoms with Gasteiger partial charge in [0.2, 0.25) is 0 Å². The third kappa shape index (κ3) is 7.44. The second-order valence-corrected chi connectivity index (χ2v) is 11.7. The van der Waals surface area contributed by atoms with E-state index in [1.807, 2.05) is 0 Å². The van der Waals surface area contributed by atoms with E-state index in [0.29, 0.717) is 11.3 Å². The van der Waals surface area contributed by atoms with Crippen molar-refractivity contribution in [3.05, 3.63) is 28.5 Å². The van der Waals surface area contributed by atoms with Gasteiger partial charge < -0.3 is 20.6 Å². The molecule has 1 saturated heterocycles. The lowest BCUT2D eigenvalue weighted by Crippen LogP contribution is -2.39. The van der Waals surface area contributed by atoms with Gasteiger partial charge in [-0.3, -0.25) is 9.59 Å². The third-order valence-corrected chi connectivity index (χ3v) is 7.92. The predicted molar refractivity (Wildman–Crippen MR) is 140 cm³/mol. The zero-order valence-electron chi connectivity index (χ0n) is 21.9. The van der Waals surface area contributed by atoms with Crippen molar-refractivity contribution in [3.8, 4) is 10.4 Å². The standard InChI is InChI=1S/C26H33F4N5O3S/c1-25(2,38)14-32-22(36)23-34-20(24(37)35-10-8-15(27)9-11-35)21(39-23)17-13-31-19(12-18(17)26(28,29)30)33-16-6-4-3-5-7-16/h12-13,15-16,38H,3-11,14H2,1-2H3,(H,31,33)(H,32,36). The molecule has 0 unspecified atom stereocenters. The molecule has 4 rings (SSSR count). The number of hydrogen-bond acceptors (Lipinski definition) is 7. The van der Waals surface area contributed by atoms with Gasteiger partial charge in [0.15, 0.2) is 5.01 Å². The number of nitrogens with zero attached hydrogens (tertiary/aromatic N) is 3. The van der Waals surface area contributed by atoms with Gasteiger partial charge in [-0.05, 0) is 45.6 Å². The summed E-state index contributed by atoms with van der Waals surface area (Å²) in [4.78, 5) is 35.8. The number of rotatable bonds is 7. The molecule has 0 atom stereocenters. The maximum Gasteiger partial charge on any atom is 0.417 e. The molecule has 214 valence electrons. The molecule has 2 fully saturated rings. The number of likely N-dealkylation sites (tertiary alicyclic amines) is 1. The van der Waals surface area contributed by atoms with Crippen LogP contribution >= 0.6 is 11.3 Å². The van der Waals surface area contributed by atoms with E-state index in [9.17, 15) is 32.3 Å². The van der Waals surface area contributed by atoms with Gasteiger partial charge in [-0.1, -0.05) is 19.3 Å². The van der Waals surface area contributed by atoms with Crippen molar-refractivity contribution in [3.63, 3.8) is 0 Å². The average molecular weight is 572 g/mol. The van der Waals surface area contributed by atoms with Gasteiger partial charge in [0.25, 0.3) is 11.8 Å². The molecule has 0 radical (unpaired) electrons. The molecule has 0 aromatic carbocycles. The largest absolute Gasteiger partial charge is 0.417 e. The van der Waals surface area contributed by atoms with Crippen molar-refractivity contribution in [1.29, 1.82) is 0 Å². The number of amides is 2. The molecular formula is C26H33F4N5O3S. The maximum atomic E-state index is 14.3. The molecule has 13 heteroatoms. The Morgan fingerprint density at radius 3 is 2.41 bits per heavy atom. The number of anilines is 1. The van der Waals surface area contributed by atoms with Crippen LogP contribution < -0.4 is 10.6 Å². The van der Waals surface area contributed by atoms with Gasteiger partial charge in [-0.15, -0.1) is 11.3 Å². The van der Waals surface area contributed by atoms with Gasteiger partial charge in [0, 0.05) is 37.4 Å². The number of carbonyl (C=O) groups is 2. The highest BCUT2D eigenvalue weighted by molar-refractivity contribution is 7.17. The summed E-state index contributed by atoms with van der Waals surface area (Å²) < 4.78 is 56.7. The Kier molecular flexibility index (Phi) is 8.79. The van der Waals surface area contributed by atoms with Crippen LogP contribution in [-0.2, 0) is 6.18 Å². The van der Waals surface area contributed by atoms with Crippen LogP contribution in [0.1, 0.15) is 84.6 Å². The number of aromatic nitrogens is 2. The molecule has 2 aromatic rings. The van der Waals surface area contributed by atoms with E-state index in [4.69, 9.17) is 0 Å². The Bertz CT molecular complexity index is 1180. The van der Waals surface area contributed by atoms with E-state index in [1.54, 1.807) is 0 Å². The van der Waals surface area contributed by atoms with Crippen molar-refractivity contribution >= 4 is 29.0 Å². The summed E-state index contributed by atoms with van der Waals surface area (Å²) in [7, 11) is 0. The number of aliphatic hydroxyl groups is 1. The number of halogens is 4. The van der Waals surface area contributed by atoms with Crippen molar-refractivity contribution < 1.29 is 32.3 Å². The number of nitrogens with one attached hydrogen (secondary N) is 2. The van der Waals surface area contributed by atoms with Gasteiger partial charge in [0.1, 0.15) is 17.7 Å². The molecule has 1 aliphatic heterocycles. The molecule has 39 heavy (non-hydrogen) atoms. The Hall–Kier alpha value is -2.80. The predicted octanol–water partition coefficient (Wildman–Crippen LogP) is 5.04. The van der Waals surface area contributed by atoms with E-state index in [0.717, 1.165) is 44.4 Å². The van der Waals surface area contributed by atoms with Gasteiger partial charge in [0.05, 0.1) is 16.0 Å². The minimum atomic E-state index is -4.78. The molecule has 2 amide bonds. The quantitative estimate of drug-likeness (QED) is 0.402. The smallest absolute Gasteiger partial charge is 0.389 e. The lowest BCUT2D eigenvalue weighted by atomic mass is 9.95. The number of hydrogen-bond donors (Lipinski definition) is 3. The van der Waals surface area contributed by atoms with Crippen molar-refractivity contribution in [2.45, 2.75) is 82.8 Å². The maximum absolute atomic E-state index is 14.3. The number of piperidine rings is 1. The first-order chi connectivity index (χ1) is 18.3. The SMILES string of the molecule is CC(C)(O)CNC(=O)c1nc(C(=O)N2CCC(F)CC2)c(-c2cnc(NC3CCCCC3)cc2C(F)(F)F)s1. The number of thiazole rings is 1. The summed E-state index contributed by atoms with van der Waals surface area (Å²) >= 11 is 0.649. The topological polar surface area (TPSA) is 107 Å².